The summed E-state index contributed by atoms with van der Waals surface area (Å²) in [5.41, 5.74) is 5.67. The third-order valence-corrected chi connectivity index (χ3v) is 5.69. The van der Waals surface area contributed by atoms with Gasteiger partial charge < -0.3 is 9.15 Å². The number of esters is 1. The first-order valence-electron chi connectivity index (χ1n) is 10.4. The maximum Gasteiger partial charge on any atom is 0.313 e. The minimum Gasteiger partial charge on any atom is -0.460 e. The molecule has 152 valence electrons. The fourth-order valence-electron chi connectivity index (χ4n) is 3.92. The van der Waals surface area contributed by atoms with Crippen LogP contribution in [0.15, 0.2) is 101 Å². The van der Waals surface area contributed by atoms with Crippen LogP contribution in [0.3, 0.4) is 0 Å². The minimum atomic E-state index is -0.380. The van der Waals surface area contributed by atoms with Gasteiger partial charge in [0.1, 0.15) is 17.8 Å². The molecule has 5 rings (SSSR count). The fourth-order valence-corrected chi connectivity index (χ4v) is 3.92. The topological polar surface area (TPSA) is 39.4 Å². The normalized spacial score (nSPS) is 12.2. The van der Waals surface area contributed by atoms with E-state index in [2.05, 4.69) is 30.3 Å². The average Bonchev–Trinajstić information content (AvgIpc) is 3.21. The number of fused-ring (bicyclic) bond motifs is 3. The summed E-state index contributed by atoms with van der Waals surface area (Å²) in [7, 11) is 0. The van der Waals surface area contributed by atoms with Gasteiger partial charge in [-0.05, 0) is 29.7 Å². The molecule has 1 unspecified atom stereocenters. The summed E-state index contributed by atoms with van der Waals surface area (Å²) in [6.45, 7) is 2.14. The lowest BCUT2D eigenvalue weighted by Gasteiger charge is -2.12. The zero-order chi connectivity index (χ0) is 21.2. The van der Waals surface area contributed by atoms with Crippen LogP contribution in [-0.4, -0.2) is 5.97 Å². The van der Waals surface area contributed by atoms with Crippen molar-refractivity contribution in [2.75, 3.05) is 0 Å². The Kier molecular flexibility index (Phi) is 5.01. The van der Waals surface area contributed by atoms with Gasteiger partial charge in [-0.2, -0.15) is 0 Å². The van der Waals surface area contributed by atoms with Gasteiger partial charge in [0.05, 0.1) is 5.92 Å². The van der Waals surface area contributed by atoms with Crippen LogP contribution in [-0.2, 0) is 16.1 Å². The number of carbonyl (C=O) groups excluding carboxylic acids is 1. The van der Waals surface area contributed by atoms with Crippen molar-refractivity contribution >= 4 is 27.9 Å². The molecule has 1 aromatic heterocycles. The van der Waals surface area contributed by atoms with Crippen LogP contribution in [0.5, 0.6) is 0 Å². The van der Waals surface area contributed by atoms with Gasteiger partial charge in [0.25, 0.3) is 0 Å². The molecule has 0 fully saturated rings. The van der Waals surface area contributed by atoms with E-state index in [4.69, 9.17) is 9.15 Å². The highest BCUT2D eigenvalue weighted by molar-refractivity contribution is 6.09. The number of carbonyl (C=O) groups is 1. The van der Waals surface area contributed by atoms with E-state index >= 15 is 0 Å². The Bertz CT molecular complexity index is 1350. The van der Waals surface area contributed by atoms with Gasteiger partial charge in [-0.3, -0.25) is 4.79 Å². The molecule has 4 aromatic carbocycles. The number of hydrogen-bond acceptors (Lipinski definition) is 3. The molecule has 31 heavy (non-hydrogen) atoms. The van der Waals surface area contributed by atoms with Crippen molar-refractivity contribution in [2.24, 2.45) is 0 Å². The minimum absolute atomic E-state index is 0.246. The third-order valence-electron chi connectivity index (χ3n) is 5.69. The summed E-state index contributed by atoms with van der Waals surface area (Å²) >= 11 is 0. The van der Waals surface area contributed by atoms with Crippen LogP contribution in [0.2, 0.25) is 0 Å². The molecule has 0 bridgehead atoms. The Morgan fingerprint density at radius 2 is 1.58 bits per heavy atom. The van der Waals surface area contributed by atoms with E-state index in [1.807, 2.05) is 73.7 Å². The maximum atomic E-state index is 12.6. The quantitative estimate of drug-likeness (QED) is 0.292. The molecule has 3 heteroatoms. The monoisotopic (exact) mass is 406 g/mol. The lowest BCUT2D eigenvalue weighted by molar-refractivity contribution is -0.146. The average molecular weight is 406 g/mol. The van der Waals surface area contributed by atoms with Crippen molar-refractivity contribution in [3.8, 4) is 11.1 Å². The Balaban J connectivity index is 1.45. The zero-order valence-corrected chi connectivity index (χ0v) is 17.2. The molecule has 0 N–H and O–H groups in total. The molecule has 1 atom stereocenters. The Labute approximate surface area is 180 Å². The Morgan fingerprint density at radius 1 is 0.839 bits per heavy atom. The second-order valence-electron chi connectivity index (χ2n) is 7.72. The van der Waals surface area contributed by atoms with Crippen LogP contribution in [0.1, 0.15) is 24.0 Å². The number of rotatable bonds is 5. The largest absolute Gasteiger partial charge is 0.460 e. The summed E-state index contributed by atoms with van der Waals surface area (Å²) < 4.78 is 11.8. The van der Waals surface area contributed by atoms with Gasteiger partial charge in [0.15, 0.2) is 0 Å². The van der Waals surface area contributed by atoms with E-state index in [9.17, 15) is 4.79 Å². The number of hydrogen-bond donors (Lipinski definition) is 0. The third kappa shape index (κ3) is 3.71. The molecule has 0 amide bonds. The lowest BCUT2D eigenvalue weighted by Crippen LogP contribution is -2.13. The van der Waals surface area contributed by atoms with Gasteiger partial charge >= 0.3 is 5.97 Å². The summed E-state index contributed by atoms with van der Waals surface area (Å²) in [5.74, 6) is -0.626. The molecular formula is C28H22O3. The SMILES string of the molecule is CC(C(=O)OCc1ccccc1)c1ccc2c(c1)oc1c(-c3ccccc3)cccc12. The van der Waals surface area contributed by atoms with E-state index in [1.165, 1.54) is 0 Å². The van der Waals surface area contributed by atoms with Crippen LogP contribution in [0.4, 0.5) is 0 Å². The highest BCUT2D eigenvalue weighted by atomic mass is 16.5. The van der Waals surface area contributed by atoms with E-state index in [0.717, 1.165) is 44.2 Å². The molecule has 0 aliphatic rings. The van der Waals surface area contributed by atoms with Crippen LogP contribution in [0.25, 0.3) is 33.1 Å². The summed E-state index contributed by atoms with van der Waals surface area (Å²) in [6.07, 6.45) is 0. The molecule has 0 saturated carbocycles. The summed E-state index contributed by atoms with van der Waals surface area (Å²) in [4.78, 5) is 12.6. The number of para-hydroxylation sites is 1. The van der Waals surface area contributed by atoms with Crippen molar-refractivity contribution in [3.63, 3.8) is 0 Å². The second kappa shape index (κ2) is 8.11. The van der Waals surface area contributed by atoms with Gasteiger partial charge in [-0.1, -0.05) is 91.0 Å². The summed E-state index contributed by atoms with van der Waals surface area (Å²) in [5, 5.41) is 2.11. The molecule has 0 aliphatic carbocycles. The standard InChI is InChI=1S/C28H22O3/c1-19(28(29)30-18-20-9-4-2-5-10-20)22-15-16-24-25-14-8-13-23(21-11-6-3-7-12-21)27(25)31-26(24)17-22/h2-17,19H,18H2,1H3. The van der Waals surface area contributed by atoms with E-state index in [-0.39, 0.29) is 18.5 Å². The van der Waals surface area contributed by atoms with E-state index in [0.29, 0.717) is 0 Å². The highest BCUT2D eigenvalue weighted by Gasteiger charge is 2.19. The van der Waals surface area contributed by atoms with Crippen molar-refractivity contribution in [1.82, 2.24) is 0 Å². The number of furan rings is 1. The molecule has 0 radical (unpaired) electrons. The smallest absolute Gasteiger partial charge is 0.313 e. The number of ether oxygens (including phenoxy) is 1. The first kappa shape index (κ1) is 19.1. The lowest BCUT2D eigenvalue weighted by atomic mass is 9.99. The van der Waals surface area contributed by atoms with Gasteiger partial charge in [0.2, 0.25) is 0 Å². The van der Waals surface area contributed by atoms with Crippen molar-refractivity contribution in [2.45, 2.75) is 19.4 Å². The molecule has 1 heterocycles. The maximum absolute atomic E-state index is 12.6. The van der Waals surface area contributed by atoms with Crippen LogP contribution < -0.4 is 0 Å². The van der Waals surface area contributed by atoms with E-state index < -0.39 is 0 Å². The predicted octanol–water partition coefficient (Wildman–Crippen LogP) is 7.10. The number of benzene rings is 4. The van der Waals surface area contributed by atoms with E-state index in [1.54, 1.807) is 0 Å². The van der Waals surface area contributed by atoms with Crippen LogP contribution >= 0.6 is 0 Å². The fraction of sp³-hybridized carbons (Fsp3) is 0.107. The first-order valence-corrected chi connectivity index (χ1v) is 10.4. The molecule has 0 saturated heterocycles. The highest BCUT2D eigenvalue weighted by Crippen LogP contribution is 2.36. The summed E-state index contributed by atoms with van der Waals surface area (Å²) in [6, 6.07) is 32.1. The van der Waals surface area contributed by atoms with Gasteiger partial charge in [-0.15, -0.1) is 0 Å². The Morgan fingerprint density at radius 3 is 2.35 bits per heavy atom. The Hall–Kier alpha value is -3.85. The molecular weight excluding hydrogens is 384 g/mol. The second-order valence-corrected chi connectivity index (χ2v) is 7.72. The van der Waals surface area contributed by atoms with Crippen molar-refractivity contribution in [1.29, 1.82) is 0 Å². The van der Waals surface area contributed by atoms with Crippen molar-refractivity contribution in [3.05, 3.63) is 108 Å². The molecule has 0 aliphatic heterocycles. The predicted molar refractivity (Wildman–Crippen MR) is 124 cm³/mol. The van der Waals surface area contributed by atoms with Gasteiger partial charge in [-0.25, -0.2) is 0 Å². The zero-order valence-electron chi connectivity index (χ0n) is 17.2. The molecule has 5 aromatic rings. The first-order chi connectivity index (χ1) is 15.2. The molecule has 0 spiro atoms. The molecule has 3 nitrogen and oxygen atoms in total. The van der Waals surface area contributed by atoms with Crippen molar-refractivity contribution < 1.29 is 13.9 Å². The van der Waals surface area contributed by atoms with Crippen LogP contribution in [0, 0.1) is 0 Å². The van der Waals surface area contributed by atoms with Gasteiger partial charge in [0, 0.05) is 16.3 Å².